The van der Waals surface area contributed by atoms with Gasteiger partial charge in [0.05, 0.1) is 11.3 Å². The van der Waals surface area contributed by atoms with Crippen LogP contribution in [-0.4, -0.2) is 33.9 Å². The van der Waals surface area contributed by atoms with Crippen molar-refractivity contribution < 1.29 is 4.79 Å². The Morgan fingerprint density at radius 3 is 2.59 bits per heavy atom. The number of amides is 1. The van der Waals surface area contributed by atoms with E-state index >= 15 is 0 Å². The first-order chi connectivity index (χ1) is 10.6. The first-order valence-corrected chi connectivity index (χ1v) is 7.49. The van der Waals surface area contributed by atoms with Crippen LogP contribution < -0.4 is 0 Å². The lowest BCUT2D eigenvalue weighted by atomic mass is 9.99. The Bertz CT molecular complexity index is 722. The van der Waals surface area contributed by atoms with Crippen molar-refractivity contribution in [3.8, 4) is 0 Å². The molecule has 0 saturated heterocycles. The zero-order valence-corrected chi connectivity index (χ0v) is 12.9. The van der Waals surface area contributed by atoms with Crippen molar-refractivity contribution >= 4 is 11.5 Å². The van der Waals surface area contributed by atoms with Crippen molar-refractivity contribution in [2.45, 2.75) is 20.3 Å². The van der Waals surface area contributed by atoms with Crippen LogP contribution in [0.1, 0.15) is 33.9 Å². The maximum absolute atomic E-state index is 12.6. The first kappa shape index (κ1) is 14.4. The number of aryl methyl sites for hydroxylation is 2. The molecule has 1 aromatic carbocycles. The van der Waals surface area contributed by atoms with Crippen LogP contribution >= 0.6 is 0 Å². The fourth-order valence-corrected chi connectivity index (χ4v) is 2.73. The fraction of sp³-hybridized carbons (Fsp3) is 0.278. The molecule has 2 aromatic rings. The topological polar surface area (TPSA) is 46.1 Å². The predicted octanol–water partition coefficient (Wildman–Crippen LogP) is 3.02. The lowest BCUT2D eigenvalue weighted by molar-refractivity contribution is 0.0771. The highest BCUT2D eigenvalue weighted by Crippen LogP contribution is 2.23. The minimum Gasteiger partial charge on any atom is -0.334 e. The van der Waals surface area contributed by atoms with Crippen molar-refractivity contribution in [3.63, 3.8) is 0 Å². The highest BCUT2D eigenvalue weighted by molar-refractivity contribution is 5.95. The van der Waals surface area contributed by atoms with Crippen LogP contribution in [0.3, 0.4) is 0 Å². The van der Waals surface area contributed by atoms with E-state index in [2.05, 4.69) is 28.2 Å². The van der Waals surface area contributed by atoms with Crippen molar-refractivity contribution in [2.24, 2.45) is 0 Å². The molecule has 0 radical (unpaired) electrons. The Morgan fingerprint density at radius 1 is 1.18 bits per heavy atom. The van der Waals surface area contributed by atoms with Gasteiger partial charge in [0.1, 0.15) is 5.82 Å². The molecular formula is C18H19N3O. The summed E-state index contributed by atoms with van der Waals surface area (Å²) in [6.45, 7) is 5.05. The number of hydrogen-bond acceptors (Lipinski definition) is 3. The normalized spacial score (nSPS) is 14.6. The first-order valence-electron chi connectivity index (χ1n) is 7.49. The summed E-state index contributed by atoms with van der Waals surface area (Å²) in [6, 6.07) is 10.3. The molecule has 1 amide bonds. The molecule has 0 unspecified atom stereocenters. The molecule has 4 nitrogen and oxygen atoms in total. The maximum atomic E-state index is 12.6. The smallest absolute Gasteiger partial charge is 0.257 e. The second-order valence-corrected chi connectivity index (χ2v) is 5.51. The summed E-state index contributed by atoms with van der Waals surface area (Å²) in [5.74, 6) is 0.708. The van der Waals surface area contributed by atoms with E-state index in [1.165, 1.54) is 11.1 Å². The average Bonchev–Trinajstić information content (AvgIpc) is 2.55. The van der Waals surface area contributed by atoms with Crippen LogP contribution in [0, 0.1) is 13.8 Å². The van der Waals surface area contributed by atoms with Crippen LogP contribution in [0.2, 0.25) is 0 Å². The molecule has 1 aliphatic heterocycles. The van der Waals surface area contributed by atoms with Gasteiger partial charge in [-0.15, -0.1) is 0 Å². The Hall–Kier alpha value is -2.49. The van der Waals surface area contributed by atoms with Crippen molar-refractivity contribution in [2.75, 3.05) is 13.1 Å². The van der Waals surface area contributed by atoms with E-state index in [9.17, 15) is 4.79 Å². The fourth-order valence-electron chi connectivity index (χ4n) is 2.73. The predicted molar refractivity (Wildman–Crippen MR) is 86.4 cm³/mol. The molecule has 22 heavy (non-hydrogen) atoms. The Kier molecular flexibility index (Phi) is 4.00. The number of hydrogen-bond donors (Lipinski definition) is 0. The molecular weight excluding hydrogens is 274 g/mol. The van der Waals surface area contributed by atoms with Gasteiger partial charge < -0.3 is 4.90 Å². The number of aromatic nitrogens is 2. The summed E-state index contributed by atoms with van der Waals surface area (Å²) in [6.07, 6.45) is 4.65. The van der Waals surface area contributed by atoms with Gasteiger partial charge in [-0.1, -0.05) is 36.4 Å². The number of nitrogens with zero attached hydrogens (tertiary/aromatic N) is 3. The van der Waals surface area contributed by atoms with E-state index in [1.54, 1.807) is 6.20 Å². The van der Waals surface area contributed by atoms with Crippen LogP contribution in [0.5, 0.6) is 0 Å². The second-order valence-electron chi connectivity index (χ2n) is 5.51. The molecule has 0 N–H and O–H groups in total. The molecule has 0 atom stereocenters. The van der Waals surface area contributed by atoms with Crippen molar-refractivity contribution in [1.82, 2.24) is 14.9 Å². The third-order valence-electron chi connectivity index (χ3n) is 3.97. The Labute approximate surface area is 130 Å². The maximum Gasteiger partial charge on any atom is 0.257 e. The molecule has 2 heterocycles. The minimum atomic E-state index is 0.0147. The van der Waals surface area contributed by atoms with Crippen LogP contribution in [0.4, 0.5) is 0 Å². The van der Waals surface area contributed by atoms with Crippen molar-refractivity contribution in [1.29, 1.82) is 0 Å². The summed E-state index contributed by atoms with van der Waals surface area (Å²) in [7, 11) is 0. The number of carbonyl (C=O) groups is 1. The van der Waals surface area contributed by atoms with Gasteiger partial charge in [-0.25, -0.2) is 9.97 Å². The van der Waals surface area contributed by atoms with Gasteiger partial charge in [0, 0.05) is 19.3 Å². The van der Waals surface area contributed by atoms with Crippen LogP contribution in [-0.2, 0) is 0 Å². The summed E-state index contributed by atoms with van der Waals surface area (Å²) in [5.41, 5.74) is 3.89. The van der Waals surface area contributed by atoms with Gasteiger partial charge in [0.25, 0.3) is 5.91 Å². The summed E-state index contributed by atoms with van der Waals surface area (Å²) >= 11 is 0. The molecule has 0 spiro atoms. The Morgan fingerprint density at radius 2 is 1.95 bits per heavy atom. The number of benzene rings is 1. The lowest BCUT2D eigenvalue weighted by Crippen LogP contribution is -2.35. The molecule has 0 aliphatic carbocycles. The summed E-state index contributed by atoms with van der Waals surface area (Å²) in [5, 5.41) is 0. The summed E-state index contributed by atoms with van der Waals surface area (Å²) in [4.78, 5) is 22.9. The van der Waals surface area contributed by atoms with Gasteiger partial charge >= 0.3 is 0 Å². The van der Waals surface area contributed by atoms with E-state index < -0.39 is 0 Å². The quantitative estimate of drug-likeness (QED) is 0.855. The van der Waals surface area contributed by atoms with E-state index in [4.69, 9.17) is 0 Å². The Balaban J connectivity index is 1.76. The molecule has 3 rings (SSSR count). The van der Waals surface area contributed by atoms with Crippen molar-refractivity contribution in [3.05, 3.63) is 65.2 Å². The summed E-state index contributed by atoms with van der Waals surface area (Å²) < 4.78 is 0. The highest BCUT2D eigenvalue weighted by atomic mass is 16.2. The van der Waals surface area contributed by atoms with Gasteiger partial charge in [-0.2, -0.15) is 0 Å². The number of carbonyl (C=O) groups excluding carboxylic acids is 1. The number of rotatable bonds is 2. The van der Waals surface area contributed by atoms with E-state index in [1.807, 2.05) is 36.9 Å². The molecule has 0 bridgehead atoms. The van der Waals surface area contributed by atoms with E-state index in [0.717, 1.165) is 18.7 Å². The monoisotopic (exact) mass is 293 g/mol. The van der Waals surface area contributed by atoms with Gasteiger partial charge in [-0.3, -0.25) is 4.79 Å². The van der Waals surface area contributed by atoms with Gasteiger partial charge in [0.15, 0.2) is 0 Å². The third-order valence-corrected chi connectivity index (χ3v) is 3.97. The highest BCUT2D eigenvalue weighted by Gasteiger charge is 2.21. The van der Waals surface area contributed by atoms with Gasteiger partial charge in [-0.05, 0) is 31.4 Å². The van der Waals surface area contributed by atoms with E-state index in [0.29, 0.717) is 17.9 Å². The molecule has 1 aliphatic rings. The average molecular weight is 293 g/mol. The lowest BCUT2D eigenvalue weighted by Gasteiger charge is -2.27. The molecule has 1 aromatic heterocycles. The van der Waals surface area contributed by atoms with Crippen LogP contribution in [0.25, 0.3) is 5.57 Å². The van der Waals surface area contributed by atoms with E-state index in [-0.39, 0.29) is 5.91 Å². The minimum absolute atomic E-state index is 0.0147. The zero-order valence-electron chi connectivity index (χ0n) is 12.9. The molecule has 0 saturated carbocycles. The SMILES string of the molecule is Cc1ncc(C(=O)N2CC=C(c3ccccc3)CC2)c(C)n1. The zero-order chi connectivity index (χ0) is 15.5. The standard InChI is InChI=1S/C18H19N3O/c1-13-17(12-19-14(2)20-13)18(22)21-10-8-16(9-11-21)15-6-4-3-5-7-15/h3-8,12H,9-11H2,1-2H3. The second kappa shape index (κ2) is 6.10. The largest absolute Gasteiger partial charge is 0.334 e. The molecule has 112 valence electrons. The third kappa shape index (κ3) is 2.91. The van der Waals surface area contributed by atoms with Gasteiger partial charge in [0.2, 0.25) is 0 Å². The van der Waals surface area contributed by atoms with Crippen LogP contribution in [0.15, 0.2) is 42.6 Å². The molecule has 0 fully saturated rings. The molecule has 4 heteroatoms.